The summed E-state index contributed by atoms with van der Waals surface area (Å²) in [4.78, 5) is 10.3. The number of rotatable bonds is 4. The summed E-state index contributed by atoms with van der Waals surface area (Å²) < 4.78 is 9.29. The molecule has 0 bridgehead atoms. The van der Waals surface area contributed by atoms with Crippen molar-refractivity contribution in [2.24, 2.45) is 9.98 Å². The highest BCUT2D eigenvalue weighted by molar-refractivity contribution is 6.26. The molecule has 1 aliphatic heterocycles. The van der Waals surface area contributed by atoms with E-state index in [0.717, 1.165) is 61.2 Å². The first-order valence-electron chi connectivity index (χ1n) is 17.6. The monoisotopic (exact) mass is 666 g/mol. The summed E-state index contributed by atoms with van der Waals surface area (Å²) in [5, 5.41) is 13.1. The van der Waals surface area contributed by atoms with E-state index in [1.165, 1.54) is 32.3 Å². The topological polar surface area (TPSA) is 54.8 Å². The second-order valence-electron chi connectivity index (χ2n) is 13.4. The maximum absolute atomic E-state index is 6.90. The van der Waals surface area contributed by atoms with Gasteiger partial charge in [-0.1, -0.05) is 133 Å². The predicted molar refractivity (Wildman–Crippen MR) is 215 cm³/mol. The lowest BCUT2D eigenvalue weighted by molar-refractivity contribution is 0.665. The van der Waals surface area contributed by atoms with E-state index in [2.05, 4.69) is 149 Å². The van der Waals surface area contributed by atoms with Crippen LogP contribution in [0.2, 0.25) is 0 Å². The standard InChI is InChI=1S/C47H30N4O/c1-3-14-30(15-4-1)45-48-46(31-16-5-2-6-17-31)50-47(49-45)36-24-26-39(44-43(36)35-21-11-12-22-41(35)52-44)51-38-25-23-29-13-9-10-20-34(29)42(38)37-27-32-18-7-8-19-33(32)28-40(37)51/h1-28,45H,(H,48,49,50). The Hall–Kier alpha value is -6.98. The second kappa shape index (κ2) is 11.3. The average molecular weight is 667 g/mol. The summed E-state index contributed by atoms with van der Waals surface area (Å²) in [7, 11) is 0. The number of benzene rings is 8. The van der Waals surface area contributed by atoms with Crippen LogP contribution in [0.25, 0.3) is 71.0 Å². The van der Waals surface area contributed by atoms with Crippen molar-refractivity contribution in [2.75, 3.05) is 0 Å². The van der Waals surface area contributed by atoms with Gasteiger partial charge in [0.25, 0.3) is 0 Å². The normalized spacial score (nSPS) is 14.7. The van der Waals surface area contributed by atoms with Crippen molar-refractivity contribution in [1.82, 2.24) is 9.88 Å². The molecule has 1 unspecified atom stereocenters. The van der Waals surface area contributed by atoms with Crippen molar-refractivity contribution in [3.63, 3.8) is 0 Å². The number of hydrogen-bond donors (Lipinski definition) is 1. The summed E-state index contributed by atoms with van der Waals surface area (Å²) in [5.41, 5.74) is 7.89. The Labute approximate surface area is 298 Å². The fourth-order valence-electron chi connectivity index (χ4n) is 8.03. The Bertz CT molecular complexity index is 3100. The van der Waals surface area contributed by atoms with E-state index in [-0.39, 0.29) is 6.17 Å². The first kappa shape index (κ1) is 28.8. The quantitative estimate of drug-likeness (QED) is 0.203. The van der Waals surface area contributed by atoms with Crippen LogP contribution in [0.15, 0.2) is 184 Å². The third kappa shape index (κ3) is 4.36. The number of hydrogen-bond acceptors (Lipinski definition) is 4. The molecule has 5 nitrogen and oxygen atoms in total. The van der Waals surface area contributed by atoms with Gasteiger partial charge in [-0.3, -0.25) is 0 Å². The fourth-order valence-corrected chi connectivity index (χ4v) is 8.03. The molecule has 0 saturated carbocycles. The van der Waals surface area contributed by atoms with Crippen LogP contribution in [0.1, 0.15) is 22.9 Å². The van der Waals surface area contributed by atoms with Crippen molar-refractivity contribution >= 4 is 77.0 Å². The minimum atomic E-state index is -0.310. The molecule has 1 aliphatic rings. The number of nitrogens with one attached hydrogen (secondary N) is 1. The first-order valence-corrected chi connectivity index (χ1v) is 17.6. The summed E-state index contributed by atoms with van der Waals surface area (Å²) >= 11 is 0. The van der Waals surface area contributed by atoms with E-state index < -0.39 is 0 Å². The lowest BCUT2D eigenvalue weighted by atomic mass is 10.0. The number of para-hydroxylation sites is 1. The van der Waals surface area contributed by atoms with Gasteiger partial charge in [-0.25, -0.2) is 9.98 Å². The maximum atomic E-state index is 6.90. The first-order chi connectivity index (χ1) is 25.8. The van der Waals surface area contributed by atoms with Gasteiger partial charge in [-0.05, 0) is 63.5 Å². The molecule has 11 rings (SSSR count). The lowest BCUT2D eigenvalue weighted by Crippen LogP contribution is -2.33. The highest BCUT2D eigenvalue weighted by Crippen LogP contribution is 2.42. The molecule has 0 amide bonds. The Kier molecular flexibility index (Phi) is 6.25. The number of fused-ring (bicyclic) bond motifs is 9. The number of nitrogens with zero attached hydrogens (tertiary/aromatic N) is 3. The molecule has 52 heavy (non-hydrogen) atoms. The maximum Gasteiger partial charge on any atom is 0.160 e. The largest absolute Gasteiger partial charge is 0.454 e. The Balaban J connectivity index is 1.21. The Morgan fingerprint density at radius 2 is 1.23 bits per heavy atom. The Morgan fingerprint density at radius 3 is 2.06 bits per heavy atom. The van der Waals surface area contributed by atoms with E-state index >= 15 is 0 Å². The molecule has 10 aromatic rings. The summed E-state index contributed by atoms with van der Waals surface area (Å²) in [5.74, 6) is 1.44. The van der Waals surface area contributed by atoms with Gasteiger partial charge in [-0.15, -0.1) is 0 Å². The van der Waals surface area contributed by atoms with Gasteiger partial charge in [0.05, 0.1) is 16.7 Å². The molecule has 0 aliphatic carbocycles. The lowest BCUT2D eigenvalue weighted by Gasteiger charge is -2.24. The van der Waals surface area contributed by atoms with Crippen molar-refractivity contribution in [1.29, 1.82) is 0 Å². The molecule has 0 fully saturated rings. The molecule has 1 atom stereocenters. The SMILES string of the molecule is c1ccc(C2=NC(c3ccccc3)NC(c3ccc(-n4c5cc6ccccc6cc5c5c6ccccc6ccc54)c4oc5ccccc5c34)=N2)cc1. The van der Waals surface area contributed by atoms with Crippen LogP contribution in [0.3, 0.4) is 0 Å². The van der Waals surface area contributed by atoms with Gasteiger partial charge in [0.1, 0.15) is 17.6 Å². The molecule has 0 spiro atoms. The van der Waals surface area contributed by atoms with Crippen LogP contribution in [-0.2, 0) is 0 Å². The zero-order valence-electron chi connectivity index (χ0n) is 28.0. The zero-order valence-corrected chi connectivity index (χ0v) is 28.0. The zero-order chi connectivity index (χ0) is 34.2. The van der Waals surface area contributed by atoms with Crippen LogP contribution in [-0.4, -0.2) is 16.2 Å². The molecule has 3 heterocycles. The third-order valence-electron chi connectivity index (χ3n) is 10.4. The molecule has 8 aromatic carbocycles. The number of amidine groups is 2. The highest BCUT2D eigenvalue weighted by atomic mass is 16.3. The van der Waals surface area contributed by atoms with Gasteiger partial charge >= 0.3 is 0 Å². The average Bonchev–Trinajstić information content (AvgIpc) is 3.76. The molecular formula is C47H30N4O. The highest BCUT2D eigenvalue weighted by Gasteiger charge is 2.26. The van der Waals surface area contributed by atoms with Gasteiger partial charge in [0, 0.05) is 32.7 Å². The molecular weight excluding hydrogens is 637 g/mol. The Morgan fingerprint density at radius 1 is 0.538 bits per heavy atom. The molecule has 5 heteroatoms. The van der Waals surface area contributed by atoms with Crippen LogP contribution in [0.4, 0.5) is 0 Å². The van der Waals surface area contributed by atoms with Crippen molar-refractivity contribution < 1.29 is 4.42 Å². The van der Waals surface area contributed by atoms with E-state index in [0.29, 0.717) is 5.84 Å². The predicted octanol–water partition coefficient (Wildman–Crippen LogP) is 11.5. The smallest absolute Gasteiger partial charge is 0.160 e. The van der Waals surface area contributed by atoms with Crippen molar-refractivity contribution in [3.05, 3.63) is 187 Å². The second-order valence-corrected chi connectivity index (χ2v) is 13.4. The van der Waals surface area contributed by atoms with Crippen LogP contribution >= 0.6 is 0 Å². The molecule has 2 aromatic heterocycles. The van der Waals surface area contributed by atoms with Gasteiger partial charge in [-0.2, -0.15) is 0 Å². The summed E-state index contributed by atoms with van der Waals surface area (Å²) in [6.45, 7) is 0. The fraction of sp³-hybridized carbons (Fsp3) is 0.0213. The number of aromatic nitrogens is 1. The van der Waals surface area contributed by atoms with E-state index in [1.807, 2.05) is 30.3 Å². The van der Waals surface area contributed by atoms with E-state index in [9.17, 15) is 0 Å². The van der Waals surface area contributed by atoms with Crippen molar-refractivity contribution in [2.45, 2.75) is 6.17 Å². The van der Waals surface area contributed by atoms with Gasteiger partial charge < -0.3 is 14.3 Å². The number of furan rings is 1. The van der Waals surface area contributed by atoms with Crippen LogP contribution in [0, 0.1) is 0 Å². The molecule has 1 N–H and O–H groups in total. The van der Waals surface area contributed by atoms with Gasteiger partial charge in [0.15, 0.2) is 11.4 Å². The third-order valence-corrected chi connectivity index (χ3v) is 10.4. The van der Waals surface area contributed by atoms with Crippen molar-refractivity contribution in [3.8, 4) is 5.69 Å². The number of aliphatic imine (C=N–C) groups is 2. The summed E-state index contributed by atoms with van der Waals surface area (Å²) in [6.07, 6.45) is -0.310. The van der Waals surface area contributed by atoms with Crippen LogP contribution < -0.4 is 5.32 Å². The minimum absolute atomic E-state index is 0.310. The van der Waals surface area contributed by atoms with Crippen LogP contribution in [0.5, 0.6) is 0 Å². The molecule has 244 valence electrons. The molecule has 0 saturated heterocycles. The minimum Gasteiger partial charge on any atom is -0.454 e. The van der Waals surface area contributed by atoms with Gasteiger partial charge in [0.2, 0.25) is 0 Å². The molecule has 0 radical (unpaired) electrons. The van der Waals surface area contributed by atoms with E-state index in [1.54, 1.807) is 0 Å². The van der Waals surface area contributed by atoms with E-state index in [4.69, 9.17) is 14.4 Å². The summed E-state index contributed by atoms with van der Waals surface area (Å²) in [6, 6.07) is 59.7.